The summed E-state index contributed by atoms with van der Waals surface area (Å²) in [7, 11) is 0. The van der Waals surface area contributed by atoms with Crippen molar-refractivity contribution in [3.8, 4) is 11.4 Å². The van der Waals surface area contributed by atoms with Crippen LogP contribution in [0.15, 0.2) is 76.5 Å². The number of oxazole rings is 1. The summed E-state index contributed by atoms with van der Waals surface area (Å²) in [5.41, 5.74) is 5.42. The van der Waals surface area contributed by atoms with E-state index in [-0.39, 0.29) is 5.12 Å². The van der Waals surface area contributed by atoms with Crippen molar-refractivity contribution in [3.63, 3.8) is 0 Å². The molecule has 0 amide bonds. The van der Waals surface area contributed by atoms with Gasteiger partial charge in [-0.05, 0) is 60.9 Å². The van der Waals surface area contributed by atoms with E-state index in [1.165, 1.54) is 0 Å². The van der Waals surface area contributed by atoms with Crippen LogP contribution < -0.4 is 0 Å². The third-order valence-electron chi connectivity index (χ3n) is 5.07. The van der Waals surface area contributed by atoms with Crippen molar-refractivity contribution < 1.29 is 9.21 Å². The van der Waals surface area contributed by atoms with Crippen LogP contribution in [0.2, 0.25) is 5.02 Å². The van der Waals surface area contributed by atoms with E-state index in [1.54, 1.807) is 6.20 Å². The summed E-state index contributed by atoms with van der Waals surface area (Å²) < 4.78 is 5.64. The van der Waals surface area contributed by atoms with Crippen LogP contribution in [0.3, 0.4) is 0 Å². The maximum absolute atomic E-state index is 12.5. The van der Waals surface area contributed by atoms with Gasteiger partial charge >= 0.3 is 0 Å². The van der Waals surface area contributed by atoms with Crippen LogP contribution in [0.4, 0.5) is 0 Å². The molecule has 3 heterocycles. The number of aromatic amines is 1. The summed E-state index contributed by atoms with van der Waals surface area (Å²) in [4.78, 5) is 24.8. The van der Waals surface area contributed by atoms with Gasteiger partial charge in [0, 0.05) is 40.3 Å². The maximum atomic E-state index is 12.5. The maximum Gasteiger partial charge on any atom is 0.264 e. The molecule has 0 saturated heterocycles. The second kappa shape index (κ2) is 8.57. The molecule has 31 heavy (non-hydrogen) atoms. The fourth-order valence-electron chi connectivity index (χ4n) is 3.66. The molecule has 0 aliphatic carbocycles. The number of pyridine rings is 1. The fourth-order valence-corrected chi connectivity index (χ4v) is 4.55. The van der Waals surface area contributed by atoms with Gasteiger partial charge in [-0.15, -0.1) is 0 Å². The van der Waals surface area contributed by atoms with Gasteiger partial charge in [-0.2, -0.15) is 0 Å². The average molecular weight is 448 g/mol. The molecule has 0 fully saturated rings. The SMILES string of the molecule is O=C(CCCc1c(-c2ccccn2)[nH]c2ccc(Cl)cc12)Sc1nc2ccccc2o1. The van der Waals surface area contributed by atoms with Crippen LogP contribution in [0, 0.1) is 0 Å². The number of nitrogens with zero attached hydrogens (tertiary/aromatic N) is 2. The number of benzene rings is 2. The molecule has 5 rings (SSSR count). The first-order valence-electron chi connectivity index (χ1n) is 9.95. The van der Waals surface area contributed by atoms with Crippen LogP contribution in [-0.4, -0.2) is 20.1 Å². The van der Waals surface area contributed by atoms with Gasteiger partial charge in [0.25, 0.3) is 5.22 Å². The number of rotatable bonds is 6. The van der Waals surface area contributed by atoms with Gasteiger partial charge in [0.2, 0.25) is 0 Å². The zero-order valence-electron chi connectivity index (χ0n) is 16.5. The Hall–Kier alpha value is -3.09. The van der Waals surface area contributed by atoms with Crippen LogP contribution in [0.25, 0.3) is 33.4 Å². The zero-order valence-corrected chi connectivity index (χ0v) is 18.0. The molecule has 0 radical (unpaired) electrons. The van der Waals surface area contributed by atoms with Crippen molar-refractivity contribution in [2.24, 2.45) is 0 Å². The summed E-state index contributed by atoms with van der Waals surface area (Å²) in [6.07, 6.45) is 3.62. The number of fused-ring (bicyclic) bond motifs is 2. The van der Waals surface area contributed by atoms with Gasteiger partial charge in [-0.3, -0.25) is 9.78 Å². The largest absolute Gasteiger partial charge is 0.431 e. The number of halogens is 1. The van der Waals surface area contributed by atoms with Crippen LogP contribution in [0.5, 0.6) is 0 Å². The predicted molar refractivity (Wildman–Crippen MR) is 124 cm³/mol. The monoisotopic (exact) mass is 447 g/mol. The third-order valence-corrected chi connectivity index (χ3v) is 6.09. The van der Waals surface area contributed by atoms with Crippen molar-refractivity contribution in [1.82, 2.24) is 15.0 Å². The van der Waals surface area contributed by atoms with Crippen LogP contribution in [-0.2, 0) is 11.2 Å². The number of H-pyrrole nitrogens is 1. The van der Waals surface area contributed by atoms with E-state index in [2.05, 4.69) is 15.0 Å². The minimum Gasteiger partial charge on any atom is -0.431 e. The Morgan fingerprint density at radius 1 is 1.10 bits per heavy atom. The number of aromatic nitrogens is 3. The predicted octanol–water partition coefficient (Wildman–Crippen LogP) is 6.67. The van der Waals surface area contributed by atoms with Gasteiger partial charge in [0.1, 0.15) is 5.52 Å². The van der Waals surface area contributed by atoms with E-state index < -0.39 is 0 Å². The molecule has 2 aromatic carbocycles. The highest BCUT2D eigenvalue weighted by atomic mass is 35.5. The number of para-hydroxylation sites is 2. The summed E-state index contributed by atoms with van der Waals surface area (Å²) in [6, 6.07) is 19.1. The third kappa shape index (κ3) is 4.22. The molecule has 0 saturated carbocycles. The van der Waals surface area contributed by atoms with Crippen LogP contribution in [0.1, 0.15) is 18.4 Å². The first-order chi connectivity index (χ1) is 15.2. The topological polar surface area (TPSA) is 71.8 Å². The van der Waals surface area contributed by atoms with E-state index in [0.29, 0.717) is 28.7 Å². The Balaban J connectivity index is 1.33. The standard InChI is InChI=1S/C24H18ClN3O2S/c25-15-11-12-18-17(14-15)16(23(27-18)20-8-3-4-13-26-20)6-5-10-22(29)31-24-28-19-7-1-2-9-21(19)30-24/h1-4,7-9,11-14,27H,5-6,10H2. The first kappa shape index (κ1) is 19.8. The van der Waals surface area contributed by atoms with E-state index >= 15 is 0 Å². The van der Waals surface area contributed by atoms with Crippen molar-refractivity contribution >= 4 is 50.5 Å². The lowest BCUT2D eigenvalue weighted by Gasteiger charge is -2.05. The zero-order chi connectivity index (χ0) is 21.2. The molecular formula is C24H18ClN3O2S. The van der Waals surface area contributed by atoms with Crippen molar-refractivity contribution in [3.05, 3.63) is 77.4 Å². The number of aryl methyl sites for hydroxylation is 1. The molecule has 1 N–H and O–H groups in total. The van der Waals surface area contributed by atoms with Gasteiger partial charge < -0.3 is 9.40 Å². The smallest absolute Gasteiger partial charge is 0.264 e. The summed E-state index contributed by atoms with van der Waals surface area (Å²) in [5.74, 6) is 0. The Bertz CT molecular complexity index is 1340. The van der Waals surface area contributed by atoms with Gasteiger partial charge in [0.15, 0.2) is 10.7 Å². The molecule has 0 atom stereocenters. The molecule has 7 heteroatoms. The molecule has 0 aliphatic heterocycles. The first-order valence-corrected chi connectivity index (χ1v) is 11.1. The molecule has 3 aromatic heterocycles. The number of thioether (sulfide) groups is 1. The summed E-state index contributed by atoms with van der Waals surface area (Å²) in [5, 5.41) is 2.16. The van der Waals surface area contributed by atoms with Gasteiger partial charge in [-0.25, -0.2) is 4.98 Å². The number of hydrogen-bond acceptors (Lipinski definition) is 5. The second-order valence-corrected chi connectivity index (χ2v) is 8.60. The summed E-state index contributed by atoms with van der Waals surface area (Å²) in [6.45, 7) is 0. The minimum absolute atomic E-state index is 0.0313. The van der Waals surface area contributed by atoms with Crippen molar-refractivity contribution in [1.29, 1.82) is 0 Å². The molecule has 0 bridgehead atoms. The van der Waals surface area contributed by atoms with Gasteiger partial charge in [-0.1, -0.05) is 29.8 Å². The quantitative estimate of drug-likeness (QED) is 0.294. The van der Waals surface area contributed by atoms with Crippen molar-refractivity contribution in [2.75, 3.05) is 0 Å². The summed E-state index contributed by atoms with van der Waals surface area (Å²) >= 11 is 7.31. The number of carbonyl (C=O) groups excluding carboxylic acids is 1. The van der Waals surface area contributed by atoms with Gasteiger partial charge in [0.05, 0.1) is 11.4 Å². The van der Waals surface area contributed by atoms with E-state index in [4.69, 9.17) is 16.0 Å². The Labute approximate surface area is 187 Å². The Morgan fingerprint density at radius 3 is 2.81 bits per heavy atom. The second-order valence-electron chi connectivity index (χ2n) is 7.16. The lowest BCUT2D eigenvalue weighted by atomic mass is 10.0. The average Bonchev–Trinajstić information content (AvgIpc) is 3.35. The Morgan fingerprint density at radius 2 is 1.97 bits per heavy atom. The minimum atomic E-state index is 0.0313. The molecule has 154 valence electrons. The highest BCUT2D eigenvalue weighted by Crippen LogP contribution is 2.33. The normalized spacial score (nSPS) is 11.4. The molecule has 0 spiro atoms. The number of hydrogen-bond donors (Lipinski definition) is 1. The fraction of sp³-hybridized carbons (Fsp3) is 0.125. The van der Waals surface area contributed by atoms with E-state index in [0.717, 1.165) is 51.6 Å². The highest BCUT2D eigenvalue weighted by Gasteiger charge is 2.16. The van der Waals surface area contributed by atoms with Crippen LogP contribution >= 0.6 is 23.4 Å². The number of carbonyl (C=O) groups is 1. The highest BCUT2D eigenvalue weighted by molar-refractivity contribution is 8.13. The van der Waals surface area contributed by atoms with Crippen molar-refractivity contribution in [2.45, 2.75) is 24.5 Å². The van der Waals surface area contributed by atoms with E-state index in [1.807, 2.05) is 60.7 Å². The number of nitrogens with one attached hydrogen (secondary N) is 1. The lowest BCUT2D eigenvalue weighted by molar-refractivity contribution is -0.111. The Kier molecular flexibility index (Phi) is 5.49. The lowest BCUT2D eigenvalue weighted by Crippen LogP contribution is -1.95. The molecule has 5 aromatic rings. The molecule has 0 unspecified atom stereocenters. The molecular weight excluding hydrogens is 430 g/mol. The molecule has 0 aliphatic rings. The molecule has 5 nitrogen and oxygen atoms in total. The van der Waals surface area contributed by atoms with E-state index in [9.17, 15) is 4.79 Å².